The van der Waals surface area contributed by atoms with Crippen molar-refractivity contribution < 1.29 is 4.39 Å². The van der Waals surface area contributed by atoms with Gasteiger partial charge in [0.1, 0.15) is 5.82 Å². The molecule has 20 heavy (non-hydrogen) atoms. The molecule has 1 fully saturated rings. The number of hydrogen-bond donors (Lipinski definition) is 1. The van der Waals surface area contributed by atoms with E-state index in [1.165, 1.54) is 25.0 Å². The highest BCUT2D eigenvalue weighted by molar-refractivity contribution is 6.31. The summed E-state index contributed by atoms with van der Waals surface area (Å²) >= 11 is 6.16. The molecule has 1 aromatic rings. The molecule has 2 rings (SSSR count). The van der Waals surface area contributed by atoms with E-state index in [1.807, 2.05) is 0 Å². The molecule has 2 N–H and O–H groups in total. The van der Waals surface area contributed by atoms with E-state index in [0.717, 1.165) is 24.3 Å². The van der Waals surface area contributed by atoms with Crippen LogP contribution in [0.15, 0.2) is 18.2 Å². The van der Waals surface area contributed by atoms with Crippen LogP contribution in [0, 0.1) is 23.1 Å². The van der Waals surface area contributed by atoms with Crippen molar-refractivity contribution in [2.75, 3.05) is 0 Å². The highest BCUT2D eigenvalue weighted by atomic mass is 35.5. The number of halogens is 2. The van der Waals surface area contributed by atoms with Gasteiger partial charge in [0.2, 0.25) is 0 Å². The molecule has 3 heteroatoms. The first-order chi connectivity index (χ1) is 9.29. The van der Waals surface area contributed by atoms with Crippen molar-refractivity contribution >= 4 is 11.6 Å². The van der Waals surface area contributed by atoms with Crippen molar-refractivity contribution in [1.82, 2.24) is 0 Å². The van der Waals surface area contributed by atoms with Crippen molar-refractivity contribution in [2.45, 2.75) is 52.5 Å². The summed E-state index contributed by atoms with van der Waals surface area (Å²) in [6.45, 7) is 6.92. The number of nitrogens with two attached hydrogens (primary N) is 1. The zero-order valence-electron chi connectivity index (χ0n) is 12.6. The Morgan fingerprint density at radius 3 is 2.35 bits per heavy atom. The second kappa shape index (κ2) is 6.03. The summed E-state index contributed by atoms with van der Waals surface area (Å²) in [6.07, 6.45) is 4.62. The highest BCUT2D eigenvalue weighted by Crippen LogP contribution is 2.43. The van der Waals surface area contributed by atoms with Gasteiger partial charge in [0.05, 0.1) is 0 Å². The monoisotopic (exact) mass is 297 g/mol. The Bertz CT molecular complexity index is 459. The first kappa shape index (κ1) is 15.8. The van der Waals surface area contributed by atoms with Gasteiger partial charge in [-0.05, 0) is 66.7 Å². The maximum Gasteiger partial charge on any atom is 0.123 e. The summed E-state index contributed by atoms with van der Waals surface area (Å²) in [4.78, 5) is 0. The average Bonchev–Trinajstić information content (AvgIpc) is 2.40. The first-order valence-electron chi connectivity index (χ1n) is 7.49. The second-order valence-corrected chi connectivity index (χ2v) is 7.58. The van der Waals surface area contributed by atoms with Crippen LogP contribution < -0.4 is 5.73 Å². The molecule has 0 amide bonds. The Kier molecular flexibility index (Phi) is 4.76. The first-order valence-corrected chi connectivity index (χ1v) is 7.87. The third-order valence-corrected chi connectivity index (χ3v) is 5.17. The Morgan fingerprint density at radius 1 is 1.20 bits per heavy atom. The van der Waals surface area contributed by atoms with Crippen LogP contribution in [-0.2, 0) is 0 Å². The lowest BCUT2D eigenvalue weighted by Crippen LogP contribution is -2.30. The smallest absolute Gasteiger partial charge is 0.123 e. The molecule has 0 saturated heterocycles. The molecule has 0 bridgehead atoms. The molecule has 0 radical (unpaired) electrons. The largest absolute Gasteiger partial charge is 0.324 e. The molecule has 1 nitrogen and oxygen atoms in total. The van der Waals surface area contributed by atoms with Crippen LogP contribution in [0.4, 0.5) is 4.39 Å². The highest BCUT2D eigenvalue weighted by Gasteiger charge is 2.32. The lowest BCUT2D eigenvalue weighted by Gasteiger charge is -2.38. The van der Waals surface area contributed by atoms with Crippen LogP contribution in [0.5, 0.6) is 0 Å². The maximum absolute atomic E-state index is 13.4. The van der Waals surface area contributed by atoms with Crippen molar-refractivity contribution in [3.05, 3.63) is 34.6 Å². The van der Waals surface area contributed by atoms with Gasteiger partial charge >= 0.3 is 0 Å². The fourth-order valence-corrected chi connectivity index (χ4v) is 3.61. The molecule has 1 unspecified atom stereocenters. The Balaban J connectivity index is 2.05. The minimum Gasteiger partial charge on any atom is -0.324 e. The van der Waals surface area contributed by atoms with Gasteiger partial charge < -0.3 is 5.73 Å². The number of benzene rings is 1. The molecule has 1 aliphatic carbocycles. The van der Waals surface area contributed by atoms with E-state index in [2.05, 4.69) is 20.8 Å². The summed E-state index contributed by atoms with van der Waals surface area (Å²) in [5.41, 5.74) is 7.46. The quantitative estimate of drug-likeness (QED) is 0.784. The van der Waals surface area contributed by atoms with Crippen molar-refractivity contribution in [3.8, 4) is 0 Å². The van der Waals surface area contributed by atoms with Gasteiger partial charge in [0.25, 0.3) is 0 Å². The van der Waals surface area contributed by atoms with E-state index >= 15 is 0 Å². The summed E-state index contributed by atoms with van der Waals surface area (Å²) in [6, 6.07) is 4.32. The third kappa shape index (κ3) is 3.53. The van der Waals surface area contributed by atoms with Crippen LogP contribution in [0.25, 0.3) is 0 Å². The SMILES string of the molecule is CC(C)(C)C1CCC(C(N)c2cc(F)ccc2Cl)CC1. The molecule has 1 aromatic carbocycles. The Labute approximate surface area is 126 Å². The minimum atomic E-state index is -0.261. The van der Waals surface area contributed by atoms with E-state index < -0.39 is 0 Å². The number of rotatable bonds is 2. The standard InChI is InChI=1S/C17H25ClFN/c1-17(2,3)12-6-4-11(5-7-12)16(20)14-10-13(19)8-9-15(14)18/h8-12,16H,4-7,20H2,1-3H3. The van der Waals surface area contributed by atoms with E-state index in [9.17, 15) is 4.39 Å². The zero-order valence-corrected chi connectivity index (χ0v) is 13.4. The van der Waals surface area contributed by atoms with Gasteiger partial charge in [0.15, 0.2) is 0 Å². The van der Waals surface area contributed by atoms with Crippen molar-refractivity contribution in [1.29, 1.82) is 0 Å². The van der Waals surface area contributed by atoms with Crippen molar-refractivity contribution in [2.24, 2.45) is 23.0 Å². The fourth-order valence-electron chi connectivity index (χ4n) is 3.37. The molecule has 1 saturated carbocycles. The second-order valence-electron chi connectivity index (χ2n) is 7.17. The van der Waals surface area contributed by atoms with E-state index in [0.29, 0.717) is 16.4 Å². The van der Waals surface area contributed by atoms with E-state index in [4.69, 9.17) is 17.3 Å². The third-order valence-electron chi connectivity index (χ3n) is 4.82. The summed E-state index contributed by atoms with van der Waals surface area (Å²) in [7, 11) is 0. The van der Waals surface area contributed by atoms with Gasteiger partial charge in [-0.15, -0.1) is 0 Å². The van der Waals surface area contributed by atoms with E-state index in [1.54, 1.807) is 6.07 Å². The van der Waals surface area contributed by atoms with Crippen LogP contribution in [0.2, 0.25) is 5.02 Å². The Hall–Kier alpha value is -0.600. The van der Waals surface area contributed by atoms with Gasteiger partial charge in [-0.3, -0.25) is 0 Å². The molecular formula is C17H25ClFN. The molecule has 0 aliphatic heterocycles. The lowest BCUT2D eigenvalue weighted by molar-refractivity contribution is 0.139. The van der Waals surface area contributed by atoms with Gasteiger partial charge in [-0.25, -0.2) is 4.39 Å². The van der Waals surface area contributed by atoms with Crippen LogP contribution in [0.1, 0.15) is 58.1 Å². The molecule has 0 aromatic heterocycles. The molecule has 0 heterocycles. The van der Waals surface area contributed by atoms with Gasteiger partial charge in [-0.2, -0.15) is 0 Å². The van der Waals surface area contributed by atoms with Crippen LogP contribution >= 0.6 is 11.6 Å². The molecule has 1 atom stereocenters. The zero-order chi connectivity index (χ0) is 14.9. The summed E-state index contributed by atoms with van der Waals surface area (Å²) < 4.78 is 13.4. The molecule has 0 spiro atoms. The summed E-state index contributed by atoms with van der Waals surface area (Å²) in [5.74, 6) is 0.907. The minimum absolute atomic E-state index is 0.154. The van der Waals surface area contributed by atoms with Gasteiger partial charge in [-0.1, -0.05) is 32.4 Å². The molecule has 112 valence electrons. The molecule has 1 aliphatic rings. The number of hydrogen-bond acceptors (Lipinski definition) is 1. The average molecular weight is 298 g/mol. The van der Waals surface area contributed by atoms with Crippen molar-refractivity contribution in [3.63, 3.8) is 0 Å². The predicted octanol–water partition coefficient (Wildman–Crippen LogP) is 5.33. The normalized spacial score (nSPS) is 25.5. The summed E-state index contributed by atoms with van der Waals surface area (Å²) in [5, 5.41) is 0.580. The topological polar surface area (TPSA) is 26.0 Å². The molecular weight excluding hydrogens is 273 g/mol. The predicted molar refractivity (Wildman–Crippen MR) is 83.2 cm³/mol. The fraction of sp³-hybridized carbons (Fsp3) is 0.647. The van der Waals surface area contributed by atoms with Crippen LogP contribution in [-0.4, -0.2) is 0 Å². The van der Waals surface area contributed by atoms with Crippen LogP contribution in [0.3, 0.4) is 0 Å². The lowest BCUT2D eigenvalue weighted by atomic mass is 9.68. The van der Waals surface area contributed by atoms with Gasteiger partial charge in [0, 0.05) is 11.1 Å². The Morgan fingerprint density at radius 2 is 1.80 bits per heavy atom. The maximum atomic E-state index is 13.4. The van der Waals surface area contributed by atoms with E-state index in [-0.39, 0.29) is 11.9 Å².